The molecule has 0 aromatic heterocycles. The zero-order chi connectivity index (χ0) is 41.2. The van der Waals surface area contributed by atoms with E-state index in [1.165, 1.54) is 296 Å². The summed E-state index contributed by atoms with van der Waals surface area (Å²) in [5.41, 5.74) is 0. The molecule has 3 nitrogen and oxygen atoms in total. The van der Waals surface area contributed by atoms with Crippen molar-refractivity contribution >= 4 is 5.97 Å². The number of carbonyl (C=O) groups is 1. The third-order valence-corrected chi connectivity index (χ3v) is 13.0. The summed E-state index contributed by atoms with van der Waals surface area (Å²) in [4.78, 5) is 13.6. The standard InChI is InChI=1S/C54H109NO2/c1-3-5-7-9-11-13-15-17-19-21-23-25-27-29-31-33-35-37-39-41-43-47-51-55(53-49-45-46-50-54(56)57)52-48-44-42-40-38-36-34-32-30-28-26-24-22-20-18-16-14-12-10-8-6-4-2/h3-53H2,1-2H3,(H,56,57). The molecule has 0 saturated heterocycles. The SMILES string of the molecule is CCCCCCCCCCCCCCCCCCCCCCCCN(CCCCCCCCCCCCCCCCCCCCCCCC)CCCCCC(=O)O. The number of aliphatic carboxylic acids is 1. The molecule has 1 N–H and O–H groups in total. The van der Waals surface area contributed by atoms with Crippen molar-refractivity contribution in [2.75, 3.05) is 19.6 Å². The lowest BCUT2D eigenvalue weighted by molar-refractivity contribution is -0.137. The van der Waals surface area contributed by atoms with Crippen molar-refractivity contribution in [3.8, 4) is 0 Å². The highest BCUT2D eigenvalue weighted by Crippen LogP contribution is 2.18. The summed E-state index contributed by atoms with van der Waals surface area (Å²) in [6.45, 7) is 8.27. The lowest BCUT2D eigenvalue weighted by atomic mass is 10.0. The molecule has 0 unspecified atom stereocenters. The Morgan fingerprint density at radius 3 is 0.596 bits per heavy atom. The van der Waals surface area contributed by atoms with Crippen LogP contribution in [0.15, 0.2) is 0 Å². The minimum atomic E-state index is -0.642. The number of rotatable bonds is 52. The molecule has 0 spiro atoms. The van der Waals surface area contributed by atoms with Crippen LogP contribution in [0.5, 0.6) is 0 Å². The minimum Gasteiger partial charge on any atom is -0.481 e. The summed E-state index contributed by atoms with van der Waals surface area (Å²) in [5, 5.41) is 8.99. The van der Waals surface area contributed by atoms with Gasteiger partial charge in [0, 0.05) is 6.42 Å². The van der Waals surface area contributed by atoms with Crippen molar-refractivity contribution in [2.45, 2.75) is 322 Å². The summed E-state index contributed by atoms with van der Waals surface area (Å²) in [6, 6.07) is 0. The van der Waals surface area contributed by atoms with Crippen LogP contribution in [0.25, 0.3) is 0 Å². The van der Waals surface area contributed by atoms with Gasteiger partial charge in [0.2, 0.25) is 0 Å². The molecular weight excluding hydrogens is 695 g/mol. The van der Waals surface area contributed by atoms with Gasteiger partial charge in [0.1, 0.15) is 0 Å². The second-order valence-corrected chi connectivity index (χ2v) is 18.9. The van der Waals surface area contributed by atoms with Gasteiger partial charge in [-0.3, -0.25) is 4.79 Å². The van der Waals surface area contributed by atoms with Crippen LogP contribution >= 0.6 is 0 Å². The highest BCUT2D eigenvalue weighted by Gasteiger charge is 2.06. The molecule has 0 aliphatic rings. The smallest absolute Gasteiger partial charge is 0.303 e. The van der Waals surface area contributed by atoms with E-state index in [4.69, 9.17) is 5.11 Å². The van der Waals surface area contributed by atoms with Gasteiger partial charge < -0.3 is 10.0 Å². The molecule has 0 aliphatic heterocycles. The molecule has 0 atom stereocenters. The zero-order valence-electron chi connectivity index (χ0n) is 39.9. The molecule has 0 aromatic rings. The van der Waals surface area contributed by atoms with Gasteiger partial charge in [-0.1, -0.05) is 290 Å². The third-order valence-electron chi connectivity index (χ3n) is 13.0. The number of hydrogen-bond acceptors (Lipinski definition) is 2. The molecule has 0 saturated carbocycles. The molecule has 0 radical (unpaired) electrons. The molecule has 3 heteroatoms. The highest BCUT2D eigenvalue weighted by atomic mass is 16.4. The second-order valence-electron chi connectivity index (χ2n) is 18.9. The van der Waals surface area contributed by atoms with Gasteiger partial charge in [-0.15, -0.1) is 0 Å². The maximum absolute atomic E-state index is 10.9. The fraction of sp³-hybridized carbons (Fsp3) is 0.981. The quantitative estimate of drug-likeness (QED) is 0.0623. The Morgan fingerprint density at radius 2 is 0.421 bits per heavy atom. The van der Waals surface area contributed by atoms with E-state index in [0.29, 0.717) is 6.42 Å². The Bertz CT molecular complexity index is 677. The van der Waals surface area contributed by atoms with Crippen LogP contribution in [0.1, 0.15) is 322 Å². The molecule has 0 amide bonds. The van der Waals surface area contributed by atoms with E-state index in [9.17, 15) is 4.79 Å². The van der Waals surface area contributed by atoms with Gasteiger partial charge in [0.25, 0.3) is 0 Å². The first-order valence-corrected chi connectivity index (χ1v) is 27.1. The fourth-order valence-corrected chi connectivity index (χ4v) is 9.01. The van der Waals surface area contributed by atoms with E-state index in [1.54, 1.807) is 0 Å². The second kappa shape index (κ2) is 51.6. The lowest BCUT2D eigenvalue weighted by Crippen LogP contribution is -2.27. The zero-order valence-corrected chi connectivity index (χ0v) is 39.9. The molecule has 0 rings (SSSR count). The van der Waals surface area contributed by atoms with Crippen molar-refractivity contribution in [1.29, 1.82) is 0 Å². The Morgan fingerprint density at radius 1 is 0.263 bits per heavy atom. The molecule has 0 bridgehead atoms. The predicted molar refractivity (Wildman–Crippen MR) is 257 cm³/mol. The van der Waals surface area contributed by atoms with Crippen molar-refractivity contribution in [3.63, 3.8) is 0 Å². The van der Waals surface area contributed by atoms with E-state index in [-0.39, 0.29) is 0 Å². The monoisotopic (exact) mass is 804 g/mol. The number of unbranched alkanes of at least 4 members (excludes halogenated alkanes) is 44. The van der Waals surface area contributed by atoms with Crippen LogP contribution in [0.4, 0.5) is 0 Å². The van der Waals surface area contributed by atoms with Crippen LogP contribution in [0, 0.1) is 0 Å². The van der Waals surface area contributed by atoms with Crippen LogP contribution in [-0.4, -0.2) is 35.6 Å². The normalized spacial score (nSPS) is 11.7. The lowest BCUT2D eigenvalue weighted by Gasteiger charge is -2.22. The Labute approximate surface area is 361 Å². The predicted octanol–water partition coefficient (Wildman–Crippen LogP) is 19.1. The molecule has 0 aromatic carbocycles. The van der Waals surface area contributed by atoms with Gasteiger partial charge in [-0.2, -0.15) is 0 Å². The van der Waals surface area contributed by atoms with Gasteiger partial charge in [-0.05, 0) is 45.3 Å². The summed E-state index contributed by atoms with van der Waals surface area (Å²) in [6.07, 6.45) is 66.9. The molecular formula is C54H109NO2. The van der Waals surface area contributed by atoms with Crippen LogP contribution < -0.4 is 0 Å². The van der Waals surface area contributed by atoms with Crippen molar-refractivity contribution in [1.82, 2.24) is 4.90 Å². The Kier molecular flexibility index (Phi) is 51.1. The molecule has 0 fully saturated rings. The van der Waals surface area contributed by atoms with Crippen molar-refractivity contribution in [2.24, 2.45) is 0 Å². The molecule has 342 valence electrons. The average Bonchev–Trinajstić information content (AvgIpc) is 3.21. The summed E-state index contributed by atoms with van der Waals surface area (Å²) in [5.74, 6) is -0.642. The molecule has 57 heavy (non-hydrogen) atoms. The largest absolute Gasteiger partial charge is 0.481 e. The summed E-state index contributed by atoms with van der Waals surface area (Å²) in [7, 11) is 0. The average molecular weight is 804 g/mol. The van der Waals surface area contributed by atoms with Crippen LogP contribution in [-0.2, 0) is 4.79 Å². The first kappa shape index (κ1) is 56.4. The third kappa shape index (κ3) is 51.5. The van der Waals surface area contributed by atoms with E-state index < -0.39 is 5.97 Å². The number of carboxylic acid groups (broad SMARTS) is 1. The topological polar surface area (TPSA) is 40.5 Å². The van der Waals surface area contributed by atoms with Crippen molar-refractivity contribution < 1.29 is 9.90 Å². The Balaban J connectivity index is 3.65. The first-order valence-electron chi connectivity index (χ1n) is 27.1. The van der Waals surface area contributed by atoms with Gasteiger partial charge in [-0.25, -0.2) is 0 Å². The summed E-state index contributed by atoms with van der Waals surface area (Å²) >= 11 is 0. The fourth-order valence-electron chi connectivity index (χ4n) is 9.01. The Hall–Kier alpha value is -0.570. The van der Waals surface area contributed by atoms with Crippen LogP contribution in [0.2, 0.25) is 0 Å². The van der Waals surface area contributed by atoms with E-state index in [1.807, 2.05) is 0 Å². The summed E-state index contributed by atoms with van der Waals surface area (Å²) < 4.78 is 0. The number of nitrogens with zero attached hydrogens (tertiary/aromatic N) is 1. The van der Waals surface area contributed by atoms with Gasteiger partial charge in [0.15, 0.2) is 0 Å². The maximum Gasteiger partial charge on any atom is 0.303 e. The van der Waals surface area contributed by atoms with Crippen molar-refractivity contribution in [3.05, 3.63) is 0 Å². The van der Waals surface area contributed by atoms with Crippen LogP contribution in [0.3, 0.4) is 0 Å². The minimum absolute atomic E-state index is 0.332. The molecule has 0 heterocycles. The van der Waals surface area contributed by atoms with E-state index in [0.717, 1.165) is 25.8 Å². The van der Waals surface area contributed by atoms with Gasteiger partial charge >= 0.3 is 5.97 Å². The molecule has 0 aliphatic carbocycles. The number of carboxylic acids is 1. The maximum atomic E-state index is 10.9. The first-order chi connectivity index (χ1) is 28.2. The van der Waals surface area contributed by atoms with E-state index in [2.05, 4.69) is 18.7 Å². The van der Waals surface area contributed by atoms with Gasteiger partial charge in [0.05, 0.1) is 0 Å². The van der Waals surface area contributed by atoms with E-state index >= 15 is 0 Å². The highest BCUT2D eigenvalue weighted by molar-refractivity contribution is 5.66. The number of hydrogen-bond donors (Lipinski definition) is 1.